The van der Waals surface area contributed by atoms with Crippen LogP contribution in [0.2, 0.25) is 0 Å². The molecule has 0 saturated carbocycles. The highest BCUT2D eigenvalue weighted by atomic mass is 14.6. The molecule has 1 atom stereocenters. The van der Waals surface area contributed by atoms with Crippen molar-refractivity contribution in [1.29, 1.82) is 0 Å². The summed E-state index contributed by atoms with van der Waals surface area (Å²) in [5, 5.41) is 0. The zero-order valence-corrected chi connectivity index (χ0v) is 7.62. The first-order valence-corrected chi connectivity index (χ1v) is 4.19. The third-order valence-corrected chi connectivity index (χ3v) is 1.83. The quantitative estimate of drug-likeness (QED) is 0.663. The van der Waals surface area contributed by atoms with Crippen LogP contribution in [0.1, 0.15) is 24.1 Å². The number of aryl methyl sites for hydroxylation is 1. The summed E-state index contributed by atoms with van der Waals surface area (Å²) >= 11 is 0. The molecule has 64 valence electrons. The summed E-state index contributed by atoms with van der Waals surface area (Å²) in [6.45, 7) is 4.06. The standard InChI is InChI=1S/C11H15N/c1-3-5-11(12)10-7-4-6-9(2)8-10/h3-8,11H,12H2,1-2H3/b5-3+. The highest BCUT2D eigenvalue weighted by Crippen LogP contribution is 2.12. The minimum absolute atomic E-state index is 0.0369. The Kier molecular flexibility index (Phi) is 3.06. The Bertz CT molecular complexity index is 276. The molecule has 0 amide bonds. The van der Waals surface area contributed by atoms with E-state index in [1.165, 1.54) is 11.1 Å². The molecule has 0 aliphatic carbocycles. The summed E-state index contributed by atoms with van der Waals surface area (Å²) in [5.74, 6) is 0. The maximum Gasteiger partial charge on any atom is 0.0481 e. The van der Waals surface area contributed by atoms with Crippen molar-refractivity contribution in [1.82, 2.24) is 0 Å². The summed E-state index contributed by atoms with van der Waals surface area (Å²) in [6.07, 6.45) is 3.97. The second-order valence-corrected chi connectivity index (χ2v) is 2.97. The maximum atomic E-state index is 5.89. The van der Waals surface area contributed by atoms with Crippen LogP contribution in [0, 0.1) is 6.92 Å². The number of nitrogens with two attached hydrogens (primary N) is 1. The van der Waals surface area contributed by atoms with Crippen molar-refractivity contribution in [3.8, 4) is 0 Å². The van der Waals surface area contributed by atoms with Crippen molar-refractivity contribution in [3.63, 3.8) is 0 Å². The summed E-state index contributed by atoms with van der Waals surface area (Å²) in [4.78, 5) is 0. The van der Waals surface area contributed by atoms with Crippen LogP contribution in [0.25, 0.3) is 0 Å². The fourth-order valence-electron chi connectivity index (χ4n) is 1.20. The van der Waals surface area contributed by atoms with Crippen molar-refractivity contribution in [3.05, 3.63) is 47.5 Å². The Morgan fingerprint density at radius 3 is 2.75 bits per heavy atom. The Balaban J connectivity index is 2.87. The van der Waals surface area contributed by atoms with E-state index >= 15 is 0 Å². The van der Waals surface area contributed by atoms with Gasteiger partial charge in [0.1, 0.15) is 0 Å². The molecule has 1 nitrogen and oxygen atoms in total. The van der Waals surface area contributed by atoms with Gasteiger partial charge in [0.05, 0.1) is 0 Å². The van der Waals surface area contributed by atoms with Gasteiger partial charge in [0.2, 0.25) is 0 Å². The average Bonchev–Trinajstić information content (AvgIpc) is 2.05. The van der Waals surface area contributed by atoms with Gasteiger partial charge in [-0.3, -0.25) is 0 Å². The monoisotopic (exact) mass is 161 g/mol. The Hall–Kier alpha value is -1.08. The minimum atomic E-state index is 0.0369. The van der Waals surface area contributed by atoms with Crippen molar-refractivity contribution < 1.29 is 0 Å². The molecule has 0 saturated heterocycles. The average molecular weight is 161 g/mol. The zero-order valence-electron chi connectivity index (χ0n) is 7.62. The second-order valence-electron chi connectivity index (χ2n) is 2.97. The van der Waals surface area contributed by atoms with Crippen LogP contribution in [0.15, 0.2) is 36.4 Å². The summed E-state index contributed by atoms with van der Waals surface area (Å²) in [7, 11) is 0. The van der Waals surface area contributed by atoms with Gasteiger partial charge in [-0.25, -0.2) is 0 Å². The molecule has 0 aromatic heterocycles. The van der Waals surface area contributed by atoms with Crippen LogP contribution in [-0.4, -0.2) is 0 Å². The highest BCUT2D eigenvalue weighted by molar-refractivity contribution is 5.27. The van der Waals surface area contributed by atoms with Gasteiger partial charge < -0.3 is 5.73 Å². The highest BCUT2D eigenvalue weighted by Gasteiger charge is 1.99. The van der Waals surface area contributed by atoms with Gasteiger partial charge in [-0.1, -0.05) is 42.0 Å². The van der Waals surface area contributed by atoms with Crippen LogP contribution < -0.4 is 5.73 Å². The largest absolute Gasteiger partial charge is 0.321 e. The molecule has 1 heteroatoms. The van der Waals surface area contributed by atoms with E-state index in [2.05, 4.69) is 25.1 Å². The lowest BCUT2D eigenvalue weighted by Crippen LogP contribution is -2.06. The van der Waals surface area contributed by atoms with E-state index < -0.39 is 0 Å². The number of hydrogen-bond donors (Lipinski definition) is 1. The molecular weight excluding hydrogens is 146 g/mol. The van der Waals surface area contributed by atoms with Gasteiger partial charge in [0.15, 0.2) is 0 Å². The first-order valence-electron chi connectivity index (χ1n) is 4.19. The smallest absolute Gasteiger partial charge is 0.0481 e. The van der Waals surface area contributed by atoms with E-state index in [-0.39, 0.29) is 6.04 Å². The lowest BCUT2D eigenvalue weighted by atomic mass is 10.1. The van der Waals surface area contributed by atoms with E-state index in [4.69, 9.17) is 5.73 Å². The van der Waals surface area contributed by atoms with Crippen LogP contribution >= 0.6 is 0 Å². The second kappa shape index (κ2) is 4.07. The van der Waals surface area contributed by atoms with Crippen molar-refractivity contribution in [2.45, 2.75) is 19.9 Å². The Labute approximate surface area is 73.9 Å². The van der Waals surface area contributed by atoms with E-state index in [0.29, 0.717) is 0 Å². The number of hydrogen-bond acceptors (Lipinski definition) is 1. The Morgan fingerprint density at radius 1 is 1.42 bits per heavy atom. The number of benzene rings is 1. The van der Waals surface area contributed by atoms with Crippen LogP contribution in [-0.2, 0) is 0 Å². The molecule has 1 aromatic rings. The summed E-state index contributed by atoms with van der Waals surface area (Å²) in [6, 6.07) is 8.32. The van der Waals surface area contributed by atoms with E-state index in [0.717, 1.165) is 0 Å². The molecule has 2 N–H and O–H groups in total. The fraction of sp³-hybridized carbons (Fsp3) is 0.273. The zero-order chi connectivity index (χ0) is 8.97. The van der Waals surface area contributed by atoms with Crippen molar-refractivity contribution in [2.24, 2.45) is 5.73 Å². The lowest BCUT2D eigenvalue weighted by Gasteiger charge is -2.06. The molecular formula is C11H15N. The van der Waals surface area contributed by atoms with Crippen LogP contribution in [0.4, 0.5) is 0 Å². The van der Waals surface area contributed by atoms with Gasteiger partial charge in [-0.15, -0.1) is 0 Å². The number of rotatable bonds is 2. The third kappa shape index (κ3) is 2.21. The van der Waals surface area contributed by atoms with Gasteiger partial charge in [-0.2, -0.15) is 0 Å². The molecule has 0 aliphatic heterocycles. The predicted octanol–water partition coefficient (Wildman–Crippen LogP) is 2.57. The first-order chi connectivity index (χ1) is 5.74. The van der Waals surface area contributed by atoms with Gasteiger partial charge in [0.25, 0.3) is 0 Å². The summed E-state index contributed by atoms with van der Waals surface area (Å²) in [5.41, 5.74) is 8.32. The van der Waals surface area contributed by atoms with Crippen LogP contribution in [0.5, 0.6) is 0 Å². The van der Waals surface area contributed by atoms with E-state index in [9.17, 15) is 0 Å². The molecule has 0 aliphatic rings. The summed E-state index contributed by atoms with van der Waals surface area (Å²) < 4.78 is 0. The predicted molar refractivity (Wildman–Crippen MR) is 52.9 cm³/mol. The number of allylic oxidation sites excluding steroid dienone is 1. The van der Waals surface area contributed by atoms with Gasteiger partial charge >= 0.3 is 0 Å². The molecule has 1 unspecified atom stereocenters. The van der Waals surface area contributed by atoms with Gasteiger partial charge in [-0.05, 0) is 19.4 Å². The lowest BCUT2D eigenvalue weighted by molar-refractivity contribution is 0.907. The molecule has 1 rings (SSSR count). The molecule has 0 fully saturated rings. The van der Waals surface area contributed by atoms with E-state index in [1.807, 2.05) is 25.1 Å². The minimum Gasteiger partial charge on any atom is -0.321 e. The molecule has 0 heterocycles. The SMILES string of the molecule is C/C=C/C(N)c1cccc(C)c1. The molecule has 0 spiro atoms. The topological polar surface area (TPSA) is 26.0 Å². The molecule has 0 bridgehead atoms. The molecule has 0 radical (unpaired) electrons. The maximum absolute atomic E-state index is 5.89. The van der Waals surface area contributed by atoms with Crippen LogP contribution in [0.3, 0.4) is 0 Å². The Morgan fingerprint density at radius 2 is 2.17 bits per heavy atom. The first kappa shape index (κ1) is 9.01. The van der Waals surface area contributed by atoms with E-state index in [1.54, 1.807) is 0 Å². The third-order valence-electron chi connectivity index (χ3n) is 1.83. The van der Waals surface area contributed by atoms with Crippen molar-refractivity contribution >= 4 is 0 Å². The normalized spacial score (nSPS) is 13.6. The van der Waals surface area contributed by atoms with Gasteiger partial charge in [0, 0.05) is 6.04 Å². The van der Waals surface area contributed by atoms with Crippen molar-refractivity contribution in [2.75, 3.05) is 0 Å². The molecule has 12 heavy (non-hydrogen) atoms. The molecule has 1 aromatic carbocycles. The fourth-order valence-corrected chi connectivity index (χ4v) is 1.20.